The number of aromatic amines is 5. The smallest absolute Gasteiger partial charge is 0.317 e. The molecule has 2 saturated heterocycles. The first-order valence-corrected chi connectivity index (χ1v) is 48.8. The largest absolute Gasteiger partial charge is 0.469 e. The average molecular weight is 1940 g/mol. The summed E-state index contributed by atoms with van der Waals surface area (Å²) in [5.41, 5.74) is 24.6. The summed E-state index contributed by atoms with van der Waals surface area (Å²) < 4.78 is 89.2. The Hall–Kier alpha value is -16.8. The number of H-pyrrole nitrogens is 5. The predicted molar refractivity (Wildman–Crippen MR) is 552 cm³/mol. The zero-order valence-electron chi connectivity index (χ0n) is 80.2. The number of rotatable bonds is 19. The lowest BCUT2D eigenvalue weighted by Gasteiger charge is -2.43. The fraction of sp³-hybridized carbons (Fsp3) is 0.228. The van der Waals surface area contributed by atoms with E-state index < -0.39 is 0 Å². The van der Waals surface area contributed by atoms with E-state index in [2.05, 4.69) is 120 Å². The molecule has 0 radical (unpaired) electrons. The molecule has 15 aromatic heterocycles. The number of methoxy groups -OCH3 is 1. The van der Waals surface area contributed by atoms with Crippen molar-refractivity contribution in [2.24, 2.45) is 17.3 Å². The van der Waals surface area contributed by atoms with E-state index in [0.29, 0.717) is 31.0 Å². The van der Waals surface area contributed by atoms with E-state index in [4.69, 9.17) is 24.4 Å². The number of hydrogen-bond acceptors (Lipinski definition) is 14. The van der Waals surface area contributed by atoms with Crippen LogP contribution in [-0.4, -0.2) is 154 Å². The molecule has 0 bridgehead atoms. The summed E-state index contributed by atoms with van der Waals surface area (Å²) in [4.78, 5) is 87.3. The van der Waals surface area contributed by atoms with Crippen molar-refractivity contribution in [3.63, 3.8) is 0 Å². The number of amides is 2. The van der Waals surface area contributed by atoms with E-state index >= 15 is 0 Å². The molecule has 1 unspecified atom stereocenters. The highest BCUT2D eigenvalue weighted by atomic mass is 19.1. The van der Waals surface area contributed by atoms with Gasteiger partial charge in [-0.15, -0.1) is 0 Å². The molecule has 17 heterocycles. The number of urea groups is 1. The molecule has 145 heavy (non-hydrogen) atoms. The Morgan fingerprint density at radius 3 is 1.06 bits per heavy atom. The fourth-order valence-electron chi connectivity index (χ4n) is 21.1. The quantitative estimate of drug-likeness (QED) is 0.0324. The number of halogens is 5. The highest BCUT2D eigenvalue weighted by Gasteiger charge is 2.38. The predicted octanol–water partition coefficient (Wildman–Crippen LogP) is 24.7. The lowest BCUT2D eigenvalue weighted by Crippen LogP contribution is -2.43. The average Bonchev–Trinajstić information content (AvgIpc) is 1.78. The van der Waals surface area contributed by atoms with Gasteiger partial charge in [0.05, 0.1) is 114 Å². The highest BCUT2D eigenvalue weighted by molar-refractivity contribution is 6.01. The van der Waals surface area contributed by atoms with Gasteiger partial charge in [-0.05, 0) is 263 Å². The molecule has 4 fully saturated rings. The molecule has 1 atom stereocenters. The van der Waals surface area contributed by atoms with Crippen molar-refractivity contribution in [1.29, 1.82) is 0 Å². The summed E-state index contributed by atoms with van der Waals surface area (Å²) in [5, 5.41) is 7.86. The van der Waals surface area contributed by atoms with E-state index in [1.54, 1.807) is 92.5 Å². The van der Waals surface area contributed by atoms with Crippen LogP contribution in [0, 0.1) is 46.3 Å². The van der Waals surface area contributed by atoms with E-state index in [9.17, 15) is 31.5 Å². The minimum absolute atomic E-state index is 0.0397. The van der Waals surface area contributed by atoms with Crippen molar-refractivity contribution in [2.75, 3.05) is 33.9 Å². The van der Waals surface area contributed by atoms with Crippen LogP contribution in [-0.2, 0) is 33.9 Å². The van der Waals surface area contributed by atoms with E-state index in [1.165, 1.54) is 86.2 Å². The molecule has 31 heteroatoms. The molecule has 730 valence electrons. The van der Waals surface area contributed by atoms with Gasteiger partial charge in [-0.3, -0.25) is 4.79 Å². The molecule has 21 aromatic rings. The van der Waals surface area contributed by atoms with Gasteiger partial charge < -0.3 is 67.4 Å². The van der Waals surface area contributed by atoms with Gasteiger partial charge in [-0.2, -0.15) is 0 Å². The Morgan fingerprint density at radius 1 is 0.386 bits per heavy atom. The summed E-state index contributed by atoms with van der Waals surface area (Å²) in [6.07, 6.45) is 37.6. The first-order chi connectivity index (χ1) is 70.9. The summed E-state index contributed by atoms with van der Waals surface area (Å²) in [5.74, 6) is -0.805. The van der Waals surface area contributed by atoms with E-state index in [1.807, 2.05) is 147 Å². The third kappa shape index (κ3) is 20.1. The van der Waals surface area contributed by atoms with Crippen molar-refractivity contribution in [2.45, 2.75) is 116 Å². The summed E-state index contributed by atoms with van der Waals surface area (Å²) in [7, 11) is 3.10. The van der Waals surface area contributed by atoms with Gasteiger partial charge in [-0.25, -0.2) is 76.6 Å². The standard InChI is InChI=1S/C24H23FN4O2.C23H23FN6O.C23H23FN4.C23H17FN4.C21H19FN4O/c1-31-24(30)16-4-8-18(9-5-16)29-14-28-21(15-2-6-17(25)7-3-15)22(29)19-10-12-26-23-20(19)11-13-27-23;1-25-23(31)29-12-8-17(9-13-29)30-14-28-20(15-2-4-16(24)5-3-15)21(30)18-6-10-26-22-19(18)7-11-27-22;1-23(2)11-15(12-23)13-28-14-27-20(16-3-5-17(24)6-4-16)21(28)18-7-9-25-22-19(18)8-10-26-22;24-18-8-6-17(7-9-18)21-22(19-10-12-25-23-20(19)11-13-26-23)28(15-27-21)14-16-4-2-1-3-5-16;22-15-5-3-14(4-6-15)19-20(17-7-9-23-21-18(17)8-10-24-21)26(13-25-19)12-16-2-1-11-27-16/h2-3,6-7,10-14,16,18H,4-5,8-9H2,1H3,(H,26,27);2-7,10-11,14,17H,8-9,12-13H2,1H3,(H,25,31)(H,26,27);3-10,14-15H,11-13H2,1-2H3,(H,25,26);1-13,15H,14H2,(H,25,26);3-10,13,16H,1-2,11-12H2,(H,23,24). The summed E-state index contributed by atoms with van der Waals surface area (Å²) in [6, 6.07) is 63.2. The van der Waals surface area contributed by atoms with Crippen LogP contribution in [0.4, 0.5) is 26.7 Å². The third-order valence-electron chi connectivity index (χ3n) is 28.0. The number of nitrogens with zero attached hydrogens (tertiary/aromatic N) is 16. The number of aromatic nitrogens is 20. The van der Waals surface area contributed by atoms with Gasteiger partial charge in [0.15, 0.2) is 0 Å². The number of carbonyl (C=O) groups is 2. The topological polar surface area (TPSA) is 300 Å². The van der Waals surface area contributed by atoms with Crippen molar-refractivity contribution in [1.82, 2.24) is 108 Å². The molecule has 2 aliphatic carbocycles. The summed E-state index contributed by atoms with van der Waals surface area (Å²) >= 11 is 0. The SMILES string of the molecule is CC1(C)CC(Cn2cnc(-c3ccc(F)cc3)c2-c2ccnc3[nH]ccc23)C1.CNC(=O)N1CCC(n2cnc(-c3ccc(F)cc3)c2-c2ccnc3[nH]ccc23)CC1.COC(=O)C1CCC(n2cnc(-c3ccc(F)cc3)c2-c2ccnc3[nH]ccc23)CC1.Fc1ccc(-c2ncn(CC3CCCO3)c2-c2ccnc3[nH]ccc23)cc1.Fc1ccc(-c2ncn(Cc3ccccc3)c2-c2ccnc3[nH]ccc23)cc1. The Kier molecular flexibility index (Phi) is 27.2. The lowest BCUT2D eigenvalue weighted by atomic mass is 9.64. The van der Waals surface area contributed by atoms with Crippen molar-refractivity contribution in [3.05, 3.63) is 341 Å². The summed E-state index contributed by atoms with van der Waals surface area (Å²) in [6.45, 7) is 9.23. The van der Waals surface area contributed by atoms with Gasteiger partial charge in [0.1, 0.15) is 57.3 Å². The van der Waals surface area contributed by atoms with Gasteiger partial charge in [0.2, 0.25) is 0 Å². The number of imidazole rings is 5. The number of ether oxygens (including phenoxy) is 2. The third-order valence-corrected chi connectivity index (χ3v) is 28.0. The van der Waals surface area contributed by atoms with Crippen LogP contribution in [0.25, 0.3) is 168 Å². The van der Waals surface area contributed by atoms with Crippen molar-refractivity contribution < 1.29 is 41.0 Å². The van der Waals surface area contributed by atoms with Crippen molar-refractivity contribution in [3.8, 4) is 113 Å². The Labute approximate surface area is 831 Å². The molecule has 2 amide bonds. The maximum Gasteiger partial charge on any atom is 0.317 e. The number of pyridine rings is 5. The van der Waals surface area contributed by atoms with Gasteiger partial charge >= 0.3 is 12.0 Å². The first-order valence-electron chi connectivity index (χ1n) is 48.8. The Bertz CT molecular complexity index is 7890. The minimum Gasteiger partial charge on any atom is -0.469 e. The molecule has 2 aliphatic heterocycles. The number of likely N-dealkylation sites (tertiary alicyclic amines) is 1. The van der Waals surface area contributed by atoms with Crippen LogP contribution in [0.3, 0.4) is 0 Å². The monoisotopic (exact) mass is 1940 g/mol. The zero-order chi connectivity index (χ0) is 99.2. The second-order valence-electron chi connectivity index (χ2n) is 37.8. The van der Waals surface area contributed by atoms with E-state index in [-0.39, 0.29) is 65.2 Å². The molecule has 26 nitrogen and oxygen atoms in total. The molecule has 4 aliphatic rings. The molecular formula is C114H105F5N22O4. The Balaban J connectivity index is 0.000000107. The highest BCUT2D eigenvalue weighted by Crippen LogP contribution is 2.49. The lowest BCUT2D eigenvalue weighted by molar-refractivity contribution is -0.146. The van der Waals surface area contributed by atoms with Crippen LogP contribution in [0.1, 0.15) is 95.7 Å². The number of nitrogens with one attached hydrogen (secondary N) is 6. The second kappa shape index (κ2) is 41.8. The maximum atomic E-state index is 13.5. The number of esters is 1. The normalized spacial score (nSPS) is 15.7. The van der Waals surface area contributed by atoms with Gasteiger partial charge in [0, 0.05) is 196 Å². The van der Waals surface area contributed by atoms with Crippen LogP contribution in [0.2, 0.25) is 0 Å². The molecule has 6 N–H and O–H groups in total. The molecular weight excluding hydrogens is 1840 g/mol. The van der Waals surface area contributed by atoms with Crippen molar-refractivity contribution >= 4 is 67.2 Å². The molecule has 0 spiro atoms. The number of fused-ring (bicyclic) bond motifs is 5. The molecule has 2 saturated carbocycles. The maximum absolute atomic E-state index is 13.5. The second-order valence-corrected chi connectivity index (χ2v) is 37.8. The Morgan fingerprint density at radius 2 is 0.717 bits per heavy atom. The number of hydrogen-bond donors (Lipinski definition) is 6. The number of carbonyl (C=O) groups excluding carboxylic acids is 2. The minimum atomic E-state index is -0.275. The van der Waals surface area contributed by atoms with Gasteiger partial charge in [-0.1, -0.05) is 44.2 Å². The van der Waals surface area contributed by atoms with Gasteiger partial charge in [0.25, 0.3) is 0 Å². The van der Waals surface area contributed by atoms with Crippen LogP contribution in [0.5, 0.6) is 0 Å². The first kappa shape index (κ1) is 94.4. The number of piperidine rings is 1. The van der Waals surface area contributed by atoms with E-state index in [0.717, 1.165) is 239 Å². The number of benzene rings is 6. The van der Waals surface area contributed by atoms with Crippen LogP contribution >= 0.6 is 0 Å². The fourth-order valence-corrected chi connectivity index (χ4v) is 21.1. The van der Waals surface area contributed by atoms with Crippen LogP contribution in [0.15, 0.2) is 306 Å². The zero-order valence-corrected chi connectivity index (χ0v) is 80.2. The van der Waals surface area contributed by atoms with Crippen LogP contribution < -0.4 is 5.32 Å². The molecule has 25 rings (SSSR count). The molecule has 6 aromatic carbocycles.